The number of aliphatic hydroxyl groups is 1. The topological polar surface area (TPSA) is 57.6 Å². The number of amides is 1. The number of Topliss-reactive ketones (excluding diaryl/α,β-unsaturated/α-hetero) is 1. The molecule has 4 nitrogen and oxygen atoms in total. The third kappa shape index (κ3) is 2.95. The van der Waals surface area contributed by atoms with E-state index < -0.39 is 11.5 Å². The quantitative estimate of drug-likeness (QED) is 0.907. The number of ketones is 1. The van der Waals surface area contributed by atoms with E-state index >= 15 is 0 Å². The Morgan fingerprint density at radius 1 is 1.21 bits per heavy atom. The Labute approximate surface area is 145 Å². The number of rotatable bonds is 5. The van der Waals surface area contributed by atoms with Gasteiger partial charge in [-0.1, -0.05) is 41.9 Å². The van der Waals surface area contributed by atoms with Crippen LogP contribution in [-0.4, -0.2) is 23.3 Å². The molecule has 1 amide bonds. The number of anilines is 1. The van der Waals surface area contributed by atoms with Crippen molar-refractivity contribution in [3.63, 3.8) is 0 Å². The summed E-state index contributed by atoms with van der Waals surface area (Å²) in [6.45, 7) is 1.79. The zero-order valence-electron chi connectivity index (χ0n) is 13.3. The van der Waals surface area contributed by atoms with E-state index in [1.54, 1.807) is 23.1 Å². The van der Waals surface area contributed by atoms with Gasteiger partial charge in [0.2, 0.25) is 0 Å². The number of hydrogen-bond donors (Lipinski definition) is 1. The summed E-state index contributed by atoms with van der Waals surface area (Å²) < 4.78 is 0. The third-order valence-electron chi connectivity index (χ3n) is 4.27. The lowest BCUT2D eigenvalue weighted by atomic mass is 9.90. The van der Waals surface area contributed by atoms with Crippen LogP contribution in [0.4, 0.5) is 5.69 Å². The molecule has 0 saturated heterocycles. The van der Waals surface area contributed by atoms with Crippen LogP contribution in [-0.2, 0) is 21.6 Å². The lowest BCUT2D eigenvalue weighted by molar-refractivity contribution is -0.141. The fraction of sp³-hybridized carbons (Fsp3) is 0.263. The van der Waals surface area contributed by atoms with Crippen molar-refractivity contribution in [3.05, 3.63) is 64.7 Å². The summed E-state index contributed by atoms with van der Waals surface area (Å²) >= 11 is 6.03. The maximum atomic E-state index is 12.8. The molecule has 3 rings (SSSR count). The minimum absolute atomic E-state index is 0.248. The number of benzene rings is 2. The van der Waals surface area contributed by atoms with Gasteiger partial charge >= 0.3 is 0 Å². The van der Waals surface area contributed by atoms with Crippen LogP contribution in [0.3, 0.4) is 0 Å². The Kier molecular flexibility index (Phi) is 4.43. The van der Waals surface area contributed by atoms with Crippen molar-refractivity contribution in [1.29, 1.82) is 0 Å². The van der Waals surface area contributed by atoms with E-state index in [0.29, 0.717) is 29.2 Å². The van der Waals surface area contributed by atoms with Gasteiger partial charge in [-0.05, 0) is 37.1 Å². The van der Waals surface area contributed by atoms with Gasteiger partial charge in [-0.3, -0.25) is 9.59 Å². The maximum Gasteiger partial charge on any atom is 0.264 e. The van der Waals surface area contributed by atoms with Gasteiger partial charge in [0.15, 0.2) is 5.60 Å². The molecule has 0 aromatic heterocycles. The van der Waals surface area contributed by atoms with Gasteiger partial charge in [0.25, 0.3) is 5.91 Å². The van der Waals surface area contributed by atoms with E-state index in [-0.39, 0.29) is 12.2 Å². The largest absolute Gasteiger partial charge is 0.375 e. The number of carbonyl (C=O) groups is 2. The molecule has 0 aliphatic carbocycles. The van der Waals surface area contributed by atoms with Gasteiger partial charge < -0.3 is 10.0 Å². The molecule has 124 valence electrons. The molecule has 0 radical (unpaired) electrons. The molecule has 2 aromatic rings. The Bertz CT molecular complexity index is 790. The van der Waals surface area contributed by atoms with Crippen LogP contribution in [0.15, 0.2) is 48.5 Å². The highest BCUT2D eigenvalue weighted by Crippen LogP contribution is 2.43. The van der Waals surface area contributed by atoms with Gasteiger partial charge in [0.1, 0.15) is 5.78 Å². The molecule has 24 heavy (non-hydrogen) atoms. The molecule has 1 atom stereocenters. The van der Waals surface area contributed by atoms with Crippen LogP contribution in [0, 0.1) is 0 Å². The first kappa shape index (κ1) is 16.7. The Morgan fingerprint density at radius 2 is 1.92 bits per heavy atom. The zero-order chi connectivity index (χ0) is 17.3. The highest BCUT2D eigenvalue weighted by Gasteiger charge is 2.50. The van der Waals surface area contributed by atoms with E-state index in [9.17, 15) is 14.7 Å². The normalized spacial score (nSPS) is 19.5. The second-order valence-corrected chi connectivity index (χ2v) is 6.53. The summed E-state index contributed by atoms with van der Waals surface area (Å²) in [5, 5.41) is 11.3. The van der Waals surface area contributed by atoms with Gasteiger partial charge in [0.05, 0.1) is 5.69 Å². The van der Waals surface area contributed by atoms with Crippen molar-refractivity contribution in [3.8, 4) is 0 Å². The van der Waals surface area contributed by atoms with E-state index in [1.165, 1.54) is 6.92 Å². The van der Waals surface area contributed by atoms with E-state index in [1.807, 2.05) is 30.3 Å². The molecule has 0 saturated carbocycles. The molecule has 1 N–H and O–H groups in total. The molecule has 0 spiro atoms. The molecule has 5 heteroatoms. The SMILES string of the molecule is CC(=O)C[C@]1(O)C(=O)N(CCc2ccccc2)c2ccc(Cl)cc21. The van der Waals surface area contributed by atoms with Crippen LogP contribution in [0.1, 0.15) is 24.5 Å². The Morgan fingerprint density at radius 3 is 2.58 bits per heavy atom. The van der Waals surface area contributed by atoms with Crippen LogP contribution in [0.2, 0.25) is 5.02 Å². The fourth-order valence-electron chi connectivity index (χ4n) is 3.16. The Balaban J connectivity index is 1.94. The van der Waals surface area contributed by atoms with E-state index in [2.05, 4.69) is 0 Å². The third-order valence-corrected chi connectivity index (χ3v) is 4.50. The first-order valence-corrected chi connectivity index (χ1v) is 8.17. The number of fused-ring (bicyclic) bond motifs is 1. The number of halogens is 1. The van der Waals surface area contributed by atoms with Crippen molar-refractivity contribution in [2.75, 3.05) is 11.4 Å². The zero-order valence-corrected chi connectivity index (χ0v) is 14.1. The van der Waals surface area contributed by atoms with Crippen LogP contribution in [0.5, 0.6) is 0 Å². The minimum Gasteiger partial charge on any atom is -0.375 e. The van der Waals surface area contributed by atoms with Crippen LogP contribution in [0.25, 0.3) is 0 Å². The van der Waals surface area contributed by atoms with Crippen LogP contribution < -0.4 is 4.90 Å². The van der Waals surface area contributed by atoms with Crippen molar-refractivity contribution >= 4 is 29.0 Å². The van der Waals surface area contributed by atoms with Gasteiger partial charge in [-0.25, -0.2) is 0 Å². The summed E-state index contributed by atoms with van der Waals surface area (Å²) in [6.07, 6.45) is 0.409. The molecule has 0 bridgehead atoms. The maximum absolute atomic E-state index is 12.8. The summed E-state index contributed by atoms with van der Waals surface area (Å²) in [5.74, 6) is -0.715. The molecule has 2 aromatic carbocycles. The summed E-state index contributed by atoms with van der Waals surface area (Å²) in [5.41, 5.74) is 0.290. The minimum atomic E-state index is -1.83. The fourth-order valence-corrected chi connectivity index (χ4v) is 3.33. The lowest BCUT2D eigenvalue weighted by Crippen LogP contribution is -2.42. The predicted octanol–water partition coefficient (Wildman–Crippen LogP) is 3.10. The van der Waals surface area contributed by atoms with Gasteiger partial charge in [0, 0.05) is 23.6 Å². The van der Waals surface area contributed by atoms with Crippen molar-refractivity contribution in [1.82, 2.24) is 0 Å². The number of nitrogens with zero attached hydrogens (tertiary/aromatic N) is 1. The smallest absolute Gasteiger partial charge is 0.264 e. The van der Waals surface area contributed by atoms with E-state index in [4.69, 9.17) is 11.6 Å². The van der Waals surface area contributed by atoms with Gasteiger partial charge in [-0.2, -0.15) is 0 Å². The summed E-state index contributed by atoms with van der Waals surface area (Å²) in [4.78, 5) is 25.9. The lowest BCUT2D eigenvalue weighted by Gasteiger charge is -2.22. The molecule has 0 unspecified atom stereocenters. The monoisotopic (exact) mass is 343 g/mol. The molecule has 1 heterocycles. The highest BCUT2D eigenvalue weighted by atomic mass is 35.5. The average Bonchev–Trinajstić information content (AvgIpc) is 2.74. The first-order valence-electron chi connectivity index (χ1n) is 7.79. The molecular weight excluding hydrogens is 326 g/mol. The molecule has 0 fully saturated rings. The van der Waals surface area contributed by atoms with Crippen molar-refractivity contribution in [2.45, 2.75) is 25.4 Å². The van der Waals surface area contributed by atoms with Crippen molar-refractivity contribution < 1.29 is 14.7 Å². The first-order chi connectivity index (χ1) is 11.4. The second kappa shape index (κ2) is 6.38. The second-order valence-electron chi connectivity index (χ2n) is 6.09. The molecule has 1 aliphatic heterocycles. The highest BCUT2D eigenvalue weighted by molar-refractivity contribution is 6.31. The van der Waals surface area contributed by atoms with Gasteiger partial charge in [-0.15, -0.1) is 0 Å². The summed E-state index contributed by atoms with van der Waals surface area (Å²) in [7, 11) is 0. The van der Waals surface area contributed by atoms with E-state index in [0.717, 1.165) is 5.56 Å². The standard InChI is InChI=1S/C19H18ClNO3/c1-13(22)12-19(24)16-11-15(20)7-8-17(16)21(18(19)23)10-9-14-5-3-2-4-6-14/h2-8,11,24H,9-10,12H2,1H3/t19-/m1/s1. The number of carbonyl (C=O) groups excluding carboxylic acids is 2. The average molecular weight is 344 g/mol. The predicted molar refractivity (Wildman–Crippen MR) is 93.1 cm³/mol. The molecular formula is C19H18ClNO3. The summed E-state index contributed by atoms with van der Waals surface area (Å²) in [6, 6.07) is 14.8. The number of hydrogen-bond acceptors (Lipinski definition) is 3. The van der Waals surface area contributed by atoms with Crippen molar-refractivity contribution in [2.24, 2.45) is 0 Å². The van der Waals surface area contributed by atoms with Crippen LogP contribution >= 0.6 is 11.6 Å². The molecule has 1 aliphatic rings. The Hall–Kier alpha value is -2.17.